The van der Waals surface area contributed by atoms with Crippen LogP contribution < -0.4 is 5.43 Å². The van der Waals surface area contributed by atoms with Crippen LogP contribution in [0.1, 0.15) is 13.8 Å². The average molecular weight is 100 g/mol. The van der Waals surface area contributed by atoms with Gasteiger partial charge in [0.2, 0.25) is 0 Å². The zero-order chi connectivity index (χ0) is 5.44. The number of nitrogens with zero attached hydrogens (tertiary/aromatic N) is 1. The third-order valence-corrected chi connectivity index (χ3v) is 1.74. The Morgan fingerprint density at radius 2 is 2.00 bits per heavy atom. The molecule has 0 amide bonds. The molecule has 0 saturated carbocycles. The predicted octanol–water partition coefficient (Wildman–Crippen LogP) is 0.213. The lowest BCUT2D eigenvalue weighted by atomic mass is 10.1. The van der Waals surface area contributed by atoms with Crippen molar-refractivity contribution in [2.75, 3.05) is 7.05 Å². The van der Waals surface area contributed by atoms with Gasteiger partial charge in [-0.15, -0.1) is 0 Å². The minimum Gasteiger partial charge on any atom is -0.251 e. The molecule has 1 aliphatic heterocycles. The van der Waals surface area contributed by atoms with Gasteiger partial charge in [0.25, 0.3) is 0 Å². The molecule has 7 heavy (non-hydrogen) atoms. The molecule has 0 radical (unpaired) electrons. The molecule has 1 heterocycles. The number of hydrogen-bond acceptors (Lipinski definition) is 2. The van der Waals surface area contributed by atoms with E-state index in [1.807, 2.05) is 0 Å². The highest BCUT2D eigenvalue weighted by Gasteiger charge is 2.26. The summed E-state index contributed by atoms with van der Waals surface area (Å²) in [4.78, 5) is 0. The minimum atomic E-state index is 0.685. The Kier molecular flexibility index (Phi) is 1.05. The summed E-state index contributed by atoms with van der Waals surface area (Å²) in [5.74, 6) is 0. The van der Waals surface area contributed by atoms with E-state index in [0.717, 1.165) is 6.04 Å². The Hall–Kier alpha value is -0.0800. The van der Waals surface area contributed by atoms with E-state index in [-0.39, 0.29) is 0 Å². The van der Waals surface area contributed by atoms with Gasteiger partial charge < -0.3 is 0 Å². The normalized spacial score (nSPS) is 43.3. The van der Waals surface area contributed by atoms with Crippen LogP contribution >= 0.6 is 0 Å². The molecular weight excluding hydrogens is 88.1 g/mol. The van der Waals surface area contributed by atoms with Crippen molar-refractivity contribution in [3.63, 3.8) is 0 Å². The summed E-state index contributed by atoms with van der Waals surface area (Å²) in [6, 6.07) is 1.41. The largest absolute Gasteiger partial charge is 0.251 e. The van der Waals surface area contributed by atoms with Crippen molar-refractivity contribution in [3.8, 4) is 0 Å². The van der Waals surface area contributed by atoms with E-state index in [9.17, 15) is 0 Å². The standard InChI is InChI=1S/C5H12N2/c1-4-5(2)7(3)6-4/h4-6H,1-3H3/t4-,5?/m0/s1. The van der Waals surface area contributed by atoms with Gasteiger partial charge in [0.05, 0.1) is 0 Å². The molecule has 2 atom stereocenters. The lowest BCUT2D eigenvalue weighted by Gasteiger charge is -2.43. The van der Waals surface area contributed by atoms with E-state index in [1.54, 1.807) is 0 Å². The Bertz CT molecular complexity index is 64.5. The number of nitrogens with one attached hydrogen (secondary N) is 1. The Morgan fingerprint density at radius 1 is 1.43 bits per heavy atom. The van der Waals surface area contributed by atoms with Crippen molar-refractivity contribution in [2.24, 2.45) is 0 Å². The summed E-state index contributed by atoms with van der Waals surface area (Å²) in [6.45, 7) is 4.39. The second-order valence-electron chi connectivity index (χ2n) is 2.27. The van der Waals surface area contributed by atoms with Crippen LogP contribution in [0.2, 0.25) is 0 Å². The number of rotatable bonds is 0. The molecule has 0 aromatic rings. The van der Waals surface area contributed by atoms with Gasteiger partial charge in [0, 0.05) is 19.1 Å². The van der Waals surface area contributed by atoms with Crippen molar-refractivity contribution in [2.45, 2.75) is 25.9 Å². The van der Waals surface area contributed by atoms with Crippen molar-refractivity contribution in [1.29, 1.82) is 0 Å². The molecule has 1 rings (SSSR count). The molecule has 1 saturated heterocycles. The second kappa shape index (κ2) is 1.46. The molecule has 1 fully saturated rings. The first-order valence-corrected chi connectivity index (χ1v) is 2.71. The van der Waals surface area contributed by atoms with E-state index in [0.29, 0.717) is 6.04 Å². The second-order valence-corrected chi connectivity index (χ2v) is 2.27. The molecule has 0 aromatic heterocycles. The fourth-order valence-corrected chi connectivity index (χ4v) is 0.800. The third-order valence-electron chi connectivity index (χ3n) is 1.74. The van der Waals surface area contributed by atoms with Crippen LogP contribution in [0.3, 0.4) is 0 Å². The van der Waals surface area contributed by atoms with Gasteiger partial charge >= 0.3 is 0 Å². The third kappa shape index (κ3) is 0.640. The van der Waals surface area contributed by atoms with E-state index >= 15 is 0 Å². The lowest BCUT2D eigenvalue weighted by Crippen LogP contribution is -2.64. The van der Waals surface area contributed by atoms with Gasteiger partial charge in [-0.2, -0.15) is 0 Å². The van der Waals surface area contributed by atoms with E-state index in [4.69, 9.17) is 0 Å². The van der Waals surface area contributed by atoms with E-state index in [1.165, 1.54) is 0 Å². The molecule has 1 unspecified atom stereocenters. The van der Waals surface area contributed by atoms with Crippen molar-refractivity contribution in [3.05, 3.63) is 0 Å². The fraction of sp³-hybridized carbons (Fsp3) is 1.00. The first-order chi connectivity index (χ1) is 3.22. The van der Waals surface area contributed by atoms with Gasteiger partial charge in [-0.3, -0.25) is 5.43 Å². The Balaban J connectivity index is 2.29. The highest BCUT2D eigenvalue weighted by Crippen LogP contribution is 2.08. The zero-order valence-electron chi connectivity index (χ0n) is 5.10. The van der Waals surface area contributed by atoms with Crippen LogP contribution in [0.25, 0.3) is 0 Å². The van der Waals surface area contributed by atoms with Crippen LogP contribution in [0.15, 0.2) is 0 Å². The Labute approximate surface area is 44.5 Å². The summed E-state index contributed by atoms with van der Waals surface area (Å²) < 4.78 is 0. The van der Waals surface area contributed by atoms with E-state index < -0.39 is 0 Å². The van der Waals surface area contributed by atoms with Crippen molar-refractivity contribution >= 4 is 0 Å². The topological polar surface area (TPSA) is 15.3 Å². The number of hydrazine groups is 1. The van der Waals surface area contributed by atoms with Gasteiger partial charge in [0.1, 0.15) is 0 Å². The first kappa shape index (κ1) is 5.06. The van der Waals surface area contributed by atoms with Crippen LogP contribution in [0.5, 0.6) is 0 Å². The van der Waals surface area contributed by atoms with Gasteiger partial charge in [0.15, 0.2) is 0 Å². The molecular formula is C5H12N2. The Morgan fingerprint density at radius 3 is 2.00 bits per heavy atom. The molecule has 2 nitrogen and oxygen atoms in total. The van der Waals surface area contributed by atoms with Crippen LogP contribution in [-0.2, 0) is 0 Å². The maximum Gasteiger partial charge on any atom is 0.0376 e. The number of likely N-dealkylation sites (N-methyl/N-ethyl adjacent to an activating group) is 1. The summed E-state index contributed by atoms with van der Waals surface area (Å²) >= 11 is 0. The molecule has 0 spiro atoms. The maximum absolute atomic E-state index is 3.19. The molecule has 0 aliphatic carbocycles. The molecule has 42 valence electrons. The molecule has 1 aliphatic rings. The first-order valence-electron chi connectivity index (χ1n) is 2.71. The molecule has 2 heteroatoms. The smallest absolute Gasteiger partial charge is 0.0376 e. The minimum absolute atomic E-state index is 0.685. The van der Waals surface area contributed by atoms with Crippen molar-refractivity contribution < 1.29 is 0 Å². The van der Waals surface area contributed by atoms with Crippen LogP contribution in [0, 0.1) is 0 Å². The molecule has 0 aromatic carbocycles. The number of hydrogen-bond donors (Lipinski definition) is 1. The fourth-order valence-electron chi connectivity index (χ4n) is 0.800. The highest BCUT2D eigenvalue weighted by molar-refractivity contribution is 4.81. The maximum atomic E-state index is 3.19. The predicted molar refractivity (Wildman–Crippen MR) is 29.8 cm³/mol. The monoisotopic (exact) mass is 100 g/mol. The van der Waals surface area contributed by atoms with Crippen molar-refractivity contribution in [1.82, 2.24) is 10.4 Å². The summed E-state index contributed by atoms with van der Waals surface area (Å²) in [5.41, 5.74) is 3.19. The zero-order valence-corrected chi connectivity index (χ0v) is 5.10. The van der Waals surface area contributed by atoms with Crippen LogP contribution in [-0.4, -0.2) is 24.1 Å². The quantitative estimate of drug-likeness (QED) is 0.468. The van der Waals surface area contributed by atoms with Crippen LogP contribution in [0.4, 0.5) is 0 Å². The van der Waals surface area contributed by atoms with Gasteiger partial charge in [-0.1, -0.05) is 0 Å². The van der Waals surface area contributed by atoms with E-state index in [2.05, 4.69) is 31.3 Å². The highest BCUT2D eigenvalue weighted by atomic mass is 15.6. The molecule has 0 bridgehead atoms. The average Bonchev–Trinajstić information content (AvgIpc) is 1.68. The van der Waals surface area contributed by atoms with Gasteiger partial charge in [-0.25, -0.2) is 5.01 Å². The summed E-state index contributed by atoms with van der Waals surface area (Å²) in [6.07, 6.45) is 0. The lowest BCUT2D eigenvalue weighted by molar-refractivity contribution is 0.0155. The van der Waals surface area contributed by atoms with Gasteiger partial charge in [-0.05, 0) is 13.8 Å². The summed E-state index contributed by atoms with van der Waals surface area (Å²) in [5, 5.41) is 2.12. The molecule has 1 N–H and O–H groups in total. The summed E-state index contributed by atoms with van der Waals surface area (Å²) in [7, 11) is 2.06. The SMILES string of the molecule is CC1[C@H](C)NN1C.